The summed E-state index contributed by atoms with van der Waals surface area (Å²) in [7, 11) is 4.38. The first-order chi connectivity index (χ1) is 15.7. The fourth-order valence-electron chi connectivity index (χ4n) is 3.40. The molecule has 2 aromatic carbocycles. The first-order valence-electron chi connectivity index (χ1n) is 9.73. The Bertz CT molecular complexity index is 1170. The number of fused-ring (bicyclic) bond motifs is 1. The van der Waals surface area contributed by atoms with E-state index in [2.05, 4.69) is 4.99 Å². The third kappa shape index (κ3) is 5.39. The second-order valence-electron chi connectivity index (χ2n) is 6.89. The van der Waals surface area contributed by atoms with Gasteiger partial charge < -0.3 is 23.9 Å². The van der Waals surface area contributed by atoms with E-state index in [1.807, 2.05) is 0 Å². The van der Waals surface area contributed by atoms with E-state index in [0.29, 0.717) is 22.8 Å². The molecule has 0 saturated heterocycles. The predicted molar refractivity (Wildman–Crippen MR) is 114 cm³/mol. The van der Waals surface area contributed by atoms with Crippen LogP contribution < -0.4 is 19.3 Å². The van der Waals surface area contributed by atoms with Crippen molar-refractivity contribution >= 4 is 22.9 Å². The zero-order valence-corrected chi connectivity index (χ0v) is 18.1. The molecule has 1 aromatic heterocycles. The van der Waals surface area contributed by atoms with Crippen molar-refractivity contribution in [2.45, 2.75) is 12.7 Å². The molecule has 0 aliphatic rings. The average Bonchev–Trinajstić information content (AvgIpc) is 3.14. The molecule has 0 atom stereocenters. The quantitative estimate of drug-likeness (QED) is 0.283. The van der Waals surface area contributed by atoms with Crippen molar-refractivity contribution in [1.29, 1.82) is 0 Å². The average molecular weight is 465 g/mol. The molecule has 33 heavy (non-hydrogen) atoms. The SMILES string of the molecule is COc1cc(C=CC([O-])=NCCn2c(C(F)(F)F)cc3cc(F)ccc32)cc(OC)c1OC. The number of rotatable bonds is 8. The van der Waals surface area contributed by atoms with Gasteiger partial charge in [-0.1, -0.05) is 12.2 Å². The Hall–Kier alpha value is -3.69. The molecule has 0 spiro atoms. The van der Waals surface area contributed by atoms with Crippen LogP contribution in [-0.4, -0.2) is 38.3 Å². The van der Waals surface area contributed by atoms with Gasteiger partial charge in [-0.05, 0) is 47.9 Å². The molecule has 176 valence electrons. The number of benzene rings is 2. The Morgan fingerprint density at radius 2 is 1.70 bits per heavy atom. The van der Waals surface area contributed by atoms with Crippen LogP contribution in [0.3, 0.4) is 0 Å². The van der Waals surface area contributed by atoms with Crippen LogP contribution in [0.2, 0.25) is 0 Å². The van der Waals surface area contributed by atoms with Crippen LogP contribution in [0.5, 0.6) is 17.2 Å². The Morgan fingerprint density at radius 1 is 1.03 bits per heavy atom. The van der Waals surface area contributed by atoms with Crippen molar-refractivity contribution in [3.05, 3.63) is 59.5 Å². The monoisotopic (exact) mass is 465 g/mol. The molecule has 1 heterocycles. The Balaban J connectivity index is 1.79. The van der Waals surface area contributed by atoms with E-state index in [1.165, 1.54) is 39.5 Å². The molecule has 0 saturated carbocycles. The van der Waals surface area contributed by atoms with Gasteiger partial charge in [-0.2, -0.15) is 13.2 Å². The molecule has 0 unspecified atom stereocenters. The van der Waals surface area contributed by atoms with E-state index in [9.17, 15) is 22.7 Å². The van der Waals surface area contributed by atoms with Crippen LogP contribution in [-0.2, 0) is 12.7 Å². The number of alkyl halides is 3. The second kappa shape index (κ2) is 9.85. The molecule has 0 aliphatic carbocycles. The van der Waals surface area contributed by atoms with Crippen LogP contribution in [0.1, 0.15) is 11.3 Å². The van der Waals surface area contributed by atoms with E-state index in [0.717, 1.165) is 22.8 Å². The zero-order valence-electron chi connectivity index (χ0n) is 18.1. The number of methoxy groups -OCH3 is 3. The number of hydrogen-bond acceptors (Lipinski definition) is 5. The molecule has 0 bridgehead atoms. The molecular formula is C23H21F4N2O4-. The third-order valence-electron chi connectivity index (χ3n) is 4.85. The van der Waals surface area contributed by atoms with Gasteiger partial charge in [0.25, 0.3) is 0 Å². The minimum absolute atomic E-state index is 0.121. The highest BCUT2D eigenvalue weighted by Gasteiger charge is 2.35. The van der Waals surface area contributed by atoms with Gasteiger partial charge in [-0.15, -0.1) is 0 Å². The van der Waals surface area contributed by atoms with Gasteiger partial charge >= 0.3 is 6.18 Å². The van der Waals surface area contributed by atoms with Gasteiger partial charge in [0.15, 0.2) is 11.5 Å². The van der Waals surface area contributed by atoms with Crippen LogP contribution in [0.25, 0.3) is 17.0 Å². The van der Waals surface area contributed by atoms with Crippen LogP contribution in [0.15, 0.2) is 47.5 Å². The summed E-state index contributed by atoms with van der Waals surface area (Å²) in [5.41, 5.74) is -0.149. The number of ether oxygens (including phenoxy) is 3. The molecule has 0 amide bonds. The van der Waals surface area contributed by atoms with Crippen LogP contribution in [0.4, 0.5) is 17.6 Å². The van der Waals surface area contributed by atoms with Gasteiger partial charge in [0.1, 0.15) is 11.5 Å². The maximum atomic E-state index is 13.4. The summed E-state index contributed by atoms with van der Waals surface area (Å²) < 4.78 is 70.3. The van der Waals surface area contributed by atoms with E-state index < -0.39 is 23.6 Å². The molecule has 0 fully saturated rings. The summed E-state index contributed by atoms with van der Waals surface area (Å²) in [4.78, 5) is 3.81. The first kappa shape index (κ1) is 24.0. The third-order valence-corrected chi connectivity index (χ3v) is 4.85. The summed E-state index contributed by atoms with van der Waals surface area (Å²) in [5, 5.41) is 12.3. The lowest BCUT2D eigenvalue weighted by molar-refractivity contribution is -0.212. The van der Waals surface area contributed by atoms with Crippen molar-refractivity contribution < 1.29 is 36.9 Å². The van der Waals surface area contributed by atoms with Gasteiger partial charge in [-0.25, -0.2) is 4.39 Å². The number of nitrogens with zero attached hydrogens (tertiary/aromatic N) is 2. The summed E-state index contributed by atoms with van der Waals surface area (Å²) in [6, 6.07) is 7.53. The van der Waals surface area contributed by atoms with Crippen LogP contribution in [0, 0.1) is 5.82 Å². The van der Waals surface area contributed by atoms with Gasteiger partial charge in [0.2, 0.25) is 5.75 Å². The molecule has 0 radical (unpaired) electrons. The molecule has 0 aliphatic heterocycles. The van der Waals surface area contributed by atoms with Crippen LogP contribution >= 0.6 is 0 Å². The lowest BCUT2D eigenvalue weighted by Gasteiger charge is -2.13. The van der Waals surface area contributed by atoms with Crippen molar-refractivity contribution in [3.63, 3.8) is 0 Å². The smallest absolute Gasteiger partial charge is 0.431 e. The highest BCUT2D eigenvalue weighted by atomic mass is 19.4. The largest absolute Gasteiger partial charge is 0.859 e. The van der Waals surface area contributed by atoms with E-state index >= 15 is 0 Å². The molecule has 6 nitrogen and oxygen atoms in total. The highest BCUT2D eigenvalue weighted by Crippen LogP contribution is 2.38. The predicted octanol–water partition coefficient (Wildman–Crippen LogP) is 4.30. The van der Waals surface area contributed by atoms with Crippen molar-refractivity contribution in [1.82, 2.24) is 4.57 Å². The lowest BCUT2D eigenvalue weighted by Crippen LogP contribution is -2.18. The fourth-order valence-corrected chi connectivity index (χ4v) is 3.40. The molecule has 3 rings (SSSR count). The van der Waals surface area contributed by atoms with Gasteiger partial charge in [0, 0.05) is 17.4 Å². The van der Waals surface area contributed by atoms with Gasteiger partial charge in [0.05, 0.1) is 27.9 Å². The molecule has 10 heteroatoms. The summed E-state index contributed by atoms with van der Waals surface area (Å²) in [5.74, 6) is -0.0644. The number of hydrogen-bond donors (Lipinski definition) is 0. The normalized spacial score (nSPS) is 12.5. The van der Waals surface area contributed by atoms with E-state index in [4.69, 9.17) is 14.2 Å². The highest BCUT2D eigenvalue weighted by molar-refractivity contribution is 5.88. The molecular weight excluding hydrogens is 444 g/mol. The minimum Gasteiger partial charge on any atom is -0.859 e. The second-order valence-corrected chi connectivity index (χ2v) is 6.89. The summed E-state index contributed by atoms with van der Waals surface area (Å²) in [6.07, 6.45) is -1.97. The maximum absolute atomic E-state index is 13.4. The fraction of sp³-hybridized carbons (Fsp3) is 0.261. The van der Waals surface area contributed by atoms with Crippen molar-refractivity contribution in [3.8, 4) is 17.2 Å². The zero-order chi connectivity index (χ0) is 24.2. The number of aromatic nitrogens is 1. The minimum atomic E-state index is -4.63. The van der Waals surface area contributed by atoms with Crippen molar-refractivity contribution in [2.24, 2.45) is 4.99 Å². The standard InChI is InChI=1S/C23H22F4N2O4/c1-31-18-10-14(11-19(32-2)22(18)33-3)4-7-21(30)28-8-9-29-17-6-5-16(24)12-15(17)13-20(29)23(25,26)27/h4-7,10-13H,8-9H2,1-3H3,(H,28,30)/p-1. The number of halogens is 4. The lowest BCUT2D eigenvalue weighted by atomic mass is 10.1. The van der Waals surface area contributed by atoms with E-state index in [1.54, 1.807) is 12.1 Å². The van der Waals surface area contributed by atoms with Crippen molar-refractivity contribution in [2.75, 3.05) is 27.9 Å². The Kier molecular flexibility index (Phi) is 7.15. The van der Waals surface area contributed by atoms with E-state index in [-0.39, 0.29) is 24.0 Å². The Morgan fingerprint density at radius 3 is 2.27 bits per heavy atom. The topological polar surface area (TPSA) is 68.0 Å². The van der Waals surface area contributed by atoms with Gasteiger partial charge in [-0.3, -0.25) is 4.99 Å². The summed E-state index contributed by atoms with van der Waals surface area (Å²) >= 11 is 0. The molecule has 0 N–H and O–H groups in total. The first-order valence-corrected chi connectivity index (χ1v) is 9.73. The maximum Gasteiger partial charge on any atom is 0.431 e. The summed E-state index contributed by atoms with van der Waals surface area (Å²) in [6.45, 7) is -0.392. The molecule has 3 aromatic rings. The number of aliphatic imine (C=N–C) groups is 1. The Labute approximate surface area is 187 Å².